The molecular formula is C26H23NO6. The highest BCUT2D eigenvalue weighted by atomic mass is 16.5. The zero-order valence-corrected chi connectivity index (χ0v) is 18.4. The van der Waals surface area contributed by atoms with E-state index in [9.17, 15) is 19.8 Å². The number of carbonyl (C=O) groups is 2. The van der Waals surface area contributed by atoms with Gasteiger partial charge in [0.15, 0.2) is 0 Å². The summed E-state index contributed by atoms with van der Waals surface area (Å²) >= 11 is 0. The van der Waals surface area contributed by atoms with Gasteiger partial charge in [0.1, 0.15) is 23.0 Å². The van der Waals surface area contributed by atoms with Crippen molar-refractivity contribution < 1.29 is 29.3 Å². The number of aryl methyl sites for hydroxylation is 1. The predicted octanol–water partition coefficient (Wildman–Crippen LogP) is 4.34. The molecule has 4 rings (SSSR count). The first-order chi connectivity index (χ1) is 15.8. The van der Waals surface area contributed by atoms with Crippen LogP contribution in [0.1, 0.15) is 22.7 Å². The average Bonchev–Trinajstić information content (AvgIpc) is 3.09. The monoisotopic (exact) mass is 445 g/mol. The molecule has 33 heavy (non-hydrogen) atoms. The van der Waals surface area contributed by atoms with Crippen LogP contribution in [0.3, 0.4) is 0 Å². The fraction of sp³-hybridized carbons (Fsp3) is 0.154. The second-order valence-corrected chi connectivity index (χ2v) is 7.67. The molecule has 7 heteroatoms. The molecule has 168 valence electrons. The van der Waals surface area contributed by atoms with Crippen molar-refractivity contribution in [3.05, 3.63) is 89.0 Å². The van der Waals surface area contributed by atoms with Gasteiger partial charge in [0.2, 0.25) is 0 Å². The Labute approximate surface area is 191 Å². The maximum atomic E-state index is 13.2. The number of benzene rings is 3. The molecule has 0 radical (unpaired) electrons. The van der Waals surface area contributed by atoms with Crippen LogP contribution in [-0.4, -0.2) is 36.1 Å². The van der Waals surface area contributed by atoms with E-state index in [0.29, 0.717) is 28.3 Å². The number of aliphatic hydroxyl groups is 1. The molecular weight excluding hydrogens is 422 g/mol. The molecule has 3 aromatic carbocycles. The number of carbonyl (C=O) groups excluding carboxylic acids is 2. The molecule has 0 aliphatic carbocycles. The third-order valence-electron chi connectivity index (χ3n) is 5.59. The van der Waals surface area contributed by atoms with E-state index in [2.05, 4.69) is 0 Å². The molecule has 7 nitrogen and oxygen atoms in total. The maximum Gasteiger partial charge on any atom is 0.300 e. The first-order valence-electron chi connectivity index (χ1n) is 10.2. The molecule has 1 amide bonds. The van der Waals surface area contributed by atoms with Crippen molar-refractivity contribution in [3.8, 4) is 17.2 Å². The number of methoxy groups -OCH3 is 2. The van der Waals surface area contributed by atoms with Crippen molar-refractivity contribution in [2.45, 2.75) is 13.0 Å². The lowest BCUT2D eigenvalue weighted by atomic mass is 9.94. The number of anilines is 1. The Morgan fingerprint density at radius 2 is 1.67 bits per heavy atom. The fourth-order valence-corrected chi connectivity index (χ4v) is 4.00. The quantitative estimate of drug-likeness (QED) is 0.345. The van der Waals surface area contributed by atoms with E-state index in [0.717, 1.165) is 5.56 Å². The number of hydrogen-bond donors (Lipinski definition) is 2. The molecule has 1 fully saturated rings. The summed E-state index contributed by atoms with van der Waals surface area (Å²) < 4.78 is 10.6. The Morgan fingerprint density at radius 1 is 0.939 bits per heavy atom. The summed E-state index contributed by atoms with van der Waals surface area (Å²) in [5.41, 5.74) is 1.97. The van der Waals surface area contributed by atoms with Gasteiger partial charge in [0.25, 0.3) is 11.7 Å². The standard InChI is InChI=1S/C26H23NO6/c1-15-7-12-21(33-3)20(13-15)24(29)22-23(16-5-4-6-18(28)14-16)27(26(31)25(22)30)17-8-10-19(32-2)11-9-17/h4-14,23,28-29H,1-3H3/b24-22+. The van der Waals surface area contributed by atoms with Gasteiger partial charge in [0, 0.05) is 5.69 Å². The predicted molar refractivity (Wildman–Crippen MR) is 124 cm³/mol. The van der Waals surface area contributed by atoms with E-state index in [1.807, 2.05) is 13.0 Å². The topological polar surface area (TPSA) is 96.3 Å². The molecule has 1 unspecified atom stereocenters. The second-order valence-electron chi connectivity index (χ2n) is 7.67. The van der Waals surface area contributed by atoms with E-state index >= 15 is 0 Å². The second kappa shape index (κ2) is 8.70. The largest absolute Gasteiger partial charge is 0.508 e. The van der Waals surface area contributed by atoms with Crippen LogP contribution in [0.4, 0.5) is 5.69 Å². The maximum absolute atomic E-state index is 13.2. The molecule has 1 aliphatic heterocycles. The van der Waals surface area contributed by atoms with Gasteiger partial charge in [-0.15, -0.1) is 0 Å². The summed E-state index contributed by atoms with van der Waals surface area (Å²) in [6.45, 7) is 1.85. The molecule has 1 heterocycles. The molecule has 0 bridgehead atoms. The van der Waals surface area contributed by atoms with E-state index in [-0.39, 0.29) is 17.1 Å². The van der Waals surface area contributed by atoms with Crippen LogP contribution < -0.4 is 14.4 Å². The summed E-state index contributed by atoms with van der Waals surface area (Å²) in [7, 11) is 2.99. The number of phenols is 1. The van der Waals surface area contributed by atoms with Crippen LogP contribution in [-0.2, 0) is 9.59 Å². The number of ketones is 1. The third kappa shape index (κ3) is 3.89. The van der Waals surface area contributed by atoms with Crippen molar-refractivity contribution in [1.29, 1.82) is 0 Å². The highest BCUT2D eigenvalue weighted by molar-refractivity contribution is 6.51. The number of hydrogen-bond acceptors (Lipinski definition) is 6. The molecule has 0 spiro atoms. The fourth-order valence-electron chi connectivity index (χ4n) is 4.00. The summed E-state index contributed by atoms with van der Waals surface area (Å²) in [5, 5.41) is 21.4. The first-order valence-corrected chi connectivity index (χ1v) is 10.2. The van der Waals surface area contributed by atoms with Gasteiger partial charge in [-0.25, -0.2) is 0 Å². The Balaban J connectivity index is 1.97. The van der Waals surface area contributed by atoms with Crippen LogP contribution in [0.5, 0.6) is 17.2 Å². The zero-order chi connectivity index (χ0) is 23.7. The summed E-state index contributed by atoms with van der Waals surface area (Å²) in [4.78, 5) is 27.8. The average molecular weight is 445 g/mol. The summed E-state index contributed by atoms with van der Waals surface area (Å²) in [5.74, 6) is -1.04. The van der Waals surface area contributed by atoms with E-state index in [4.69, 9.17) is 9.47 Å². The highest BCUT2D eigenvalue weighted by Crippen LogP contribution is 2.44. The number of phenolic OH excluding ortho intramolecular Hbond substituents is 1. The van der Waals surface area contributed by atoms with Gasteiger partial charge in [-0.3, -0.25) is 14.5 Å². The molecule has 1 aliphatic rings. The number of rotatable bonds is 5. The summed E-state index contributed by atoms with van der Waals surface area (Å²) in [6, 6.07) is 17.2. The van der Waals surface area contributed by atoms with Gasteiger partial charge in [0.05, 0.1) is 31.4 Å². The number of ether oxygens (including phenoxy) is 2. The van der Waals surface area contributed by atoms with E-state index in [1.54, 1.807) is 48.5 Å². The van der Waals surface area contributed by atoms with Crippen molar-refractivity contribution in [3.63, 3.8) is 0 Å². The Kier molecular flexibility index (Phi) is 5.79. The van der Waals surface area contributed by atoms with Crippen LogP contribution >= 0.6 is 0 Å². The number of Topliss-reactive ketones (excluding diaryl/α,β-unsaturated/α-hetero) is 1. The molecule has 1 atom stereocenters. The van der Waals surface area contributed by atoms with Crippen molar-refractivity contribution in [2.75, 3.05) is 19.1 Å². The Bertz CT molecular complexity index is 1260. The van der Waals surface area contributed by atoms with Gasteiger partial charge in [-0.1, -0.05) is 23.8 Å². The SMILES string of the molecule is COc1ccc(N2C(=O)C(=O)/C(=C(/O)c3cc(C)ccc3OC)C2c2cccc(O)c2)cc1. The molecule has 0 saturated carbocycles. The summed E-state index contributed by atoms with van der Waals surface area (Å²) in [6.07, 6.45) is 0. The minimum Gasteiger partial charge on any atom is -0.508 e. The van der Waals surface area contributed by atoms with Crippen LogP contribution in [0, 0.1) is 6.92 Å². The highest BCUT2D eigenvalue weighted by Gasteiger charge is 2.47. The smallest absolute Gasteiger partial charge is 0.300 e. The molecule has 0 aromatic heterocycles. The van der Waals surface area contributed by atoms with Crippen LogP contribution in [0.15, 0.2) is 72.3 Å². The van der Waals surface area contributed by atoms with E-state index < -0.39 is 17.7 Å². The Morgan fingerprint density at radius 3 is 2.30 bits per heavy atom. The third-order valence-corrected chi connectivity index (χ3v) is 5.59. The lowest BCUT2D eigenvalue weighted by Crippen LogP contribution is -2.29. The number of aromatic hydroxyl groups is 1. The molecule has 3 aromatic rings. The van der Waals surface area contributed by atoms with E-state index in [1.165, 1.54) is 31.3 Å². The van der Waals surface area contributed by atoms with Crippen LogP contribution in [0.2, 0.25) is 0 Å². The minimum absolute atomic E-state index is 0.0269. The number of amides is 1. The van der Waals surface area contributed by atoms with Gasteiger partial charge in [-0.2, -0.15) is 0 Å². The van der Waals surface area contributed by atoms with Crippen molar-refractivity contribution in [1.82, 2.24) is 0 Å². The lowest BCUT2D eigenvalue weighted by Gasteiger charge is -2.25. The number of nitrogens with zero attached hydrogens (tertiary/aromatic N) is 1. The molecule has 1 saturated heterocycles. The van der Waals surface area contributed by atoms with Crippen LogP contribution in [0.25, 0.3) is 5.76 Å². The number of aliphatic hydroxyl groups excluding tert-OH is 1. The normalized spacial score (nSPS) is 17.3. The van der Waals surface area contributed by atoms with Gasteiger partial charge < -0.3 is 19.7 Å². The molecule has 2 N–H and O–H groups in total. The Hall–Kier alpha value is -4.26. The first kappa shape index (κ1) is 22.0. The van der Waals surface area contributed by atoms with Gasteiger partial charge in [-0.05, 0) is 61.0 Å². The van der Waals surface area contributed by atoms with Crippen molar-refractivity contribution >= 4 is 23.1 Å². The minimum atomic E-state index is -0.962. The van der Waals surface area contributed by atoms with Crippen molar-refractivity contribution in [2.24, 2.45) is 0 Å². The van der Waals surface area contributed by atoms with Gasteiger partial charge >= 0.3 is 0 Å². The lowest BCUT2D eigenvalue weighted by molar-refractivity contribution is -0.132. The zero-order valence-electron chi connectivity index (χ0n) is 18.4.